The van der Waals surface area contributed by atoms with Gasteiger partial charge in [0.1, 0.15) is 5.75 Å². The van der Waals surface area contributed by atoms with Crippen molar-refractivity contribution in [2.45, 2.75) is 31.8 Å². The highest BCUT2D eigenvalue weighted by Crippen LogP contribution is 2.68. The number of nitrogens with one attached hydrogen (secondary N) is 2. The molecule has 1 heterocycles. The van der Waals surface area contributed by atoms with E-state index in [1.54, 1.807) is 31.5 Å². The Morgan fingerprint density at radius 2 is 2.04 bits per heavy atom. The van der Waals surface area contributed by atoms with Gasteiger partial charge in [-0.25, -0.2) is 9.78 Å². The van der Waals surface area contributed by atoms with Crippen LogP contribution < -0.4 is 15.4 Å². The molecule has 0 aliphatic heterocycles. The maximum absolute atomic E-state index is 12.3. The minimum atomic E-state index is -0.529. The number of nitrogens with zero attached hydrogens (tertiary/aromatic N) is 1. The van der Waals surface area contributed by atoms with Crippen LogP contribution in [0.1, 0.15) is 24.8 Å². The summed E-state index contributed by atoms with van der Waals surface area (Å²) in [7, 11) is 1.66. The lowest BCUT2D eigenvalue weighted by molar-refractivity contribution is -0.262. The van der Waals surface area contributed by atoms with Crippen molar-refractivity contribution >= 4 is 29.0 Å². The number of methoxy groups -OCH3 is 1. The van der Waals surface area contributed by atoms with Crippen molar-refractivity contribution in [1.82, 2.24) is 10.3 Å². The fourth-order valence-electron chi connectivity index (χ4n) is 3.75. The number of imide groups is 1. The lowest BCUT2D eigenvalue weighted by Crippen LogP contribution is -2.73. The summed E-state index contributed by atoms with van der Waals surface area (Å²) >= 11 is 1.40. The van der Waals surface area contributed by atoms with Crippen molar-refractivity contribution < 1.29 is 19.1 Å². The average Bonchev–Trinajstić information content (AvgIpc) is 3.00. The van der Waals surface area contributed by atoms with Gasteiger partial charge < -0.3 is 14.8 Å². The third-order valence-electron chi connectivity index (χ3n) is 5.16. The second kappa shape index (κ2) is 6.07. The Labute approximate surface area is 154 Å². The molecule has 8 heteroatoms. The van der Waals surface area contributed by atoms with Crippen molar-refractivity contribution in [1.29, 1.82) is 0 Å². The second-order valence-electron chi connectivity index (χ2n) is 6.99. The monoisotopic (exact) mass is 373 g/mol. The van der Waals surface area contributed by atoms with E-state index in [9.17, 15) is 9.59 Å². The summed E-state index contributed by atoms with van der Waals surface area (Å²) in [6.07, 6.45) is 3.75. The van der Waals surface area contributed by atoms with Crippen molar-refractivity contribution in [3.05, 3.63) is 35.3 Å². The molecule has 0 radical (unpaired) electrons. The van der Waals surface area contributed by atoms with E-state index < -0.39 is 11.4 Å². The second-order valence-corrected chi connectivity index (χ2v) is 7.84. The molecule has 0 atom stereocenters. The summed E-state index contributed by atoms with van der Waals surface area (Å²) in [5, 5.41) is 7.52. The highest BCUT2D eigenvalue weighted by Gasteiger charge is 2.72. The van der Waals surface area contributed by atoms with Crippen molar-refractivity contribution in [3.8, 4) is 10.9 Å². The highest BCUT2D eigenvalue weighted by molar-refractivity contribution is 7.11. The molecule has 7 nitrogen and oxygen atoms in total. The molecule has 2 bridgehead atoms. The number of anilines is 1. The maximum atomic E-state index is 12.3. The van der Waals surface area contributed by atoms with Crippen molar-refractivity contribution in [2.24, 2.45) is 5.41 Å². The molecule has 2 aromatic rings. The molecule has 3 aliphatic carbocycles. The number of carbonyl (C=O) groups is 2. The first kappa shape index (κ1) is 17.0. The largest absolute Gasteiger partial charge is 0.431 e. The Morgan fingerprint density at radius 3 is 2.65 bits per heavy atom. The average molecular weight is 373 g/mol. The number of amides is 3. The molecule has 136 valence electrons. The summed E-state index contributed by atoms with van der Waals surface area (Å²) in [4.78, 5) is 28.5. The van der Waals surface area contributed by atoms with Gasteiger partial charge in [0.15, 0.2) is 0 Å². The summed E-state index contributed by atoms with van der Waals surface area (Å²) in [6.45, 7) is 1.88. The van der Waals surface area contributed by atoms with E-state index in [-0.39, 0.29) is 11.5 Å². The third-order valence-corrected chi connectivity index (χ3v) is 5.81. The van der Waals surface area contributed by atoms with Crippen LogP contribution in [0.25, 0.3) is 0 Å². The number of aromatic nitrogens is 1. The van der Waals surface area contributed by atoms with Crippen LogP contribution in [-0.4, -0.2) is 29.6 Å². The van der Waals surface area contributed by atoms with E-state index in [2.05, 4.69) is 15.6 Å². The molecule has 26 heavy (non-hydrogen) atoms. The van der Waals surface area contributed by atoms with Crippen LogP contribution in [-0.2, 0) is 9.53 Å². The van der Waals surface area contributed by atoms with Gasteiger partial charge in [0.2, 0.25) is 5.91 Å². The number of ether oxygens (including phenoxy) is 2. The summed E-state index contributed by atoms with van der Waals surface area (Å²) in [5.74, 6) is 0.440. The van der Waals surface area contributed by atoms with Crippen LogP contribution in [0.15, 0.2) is 29.8 Å². The topological polar surface area (TPSA) is 89.5 Å². The van der Waals surface area contributed by atoms with Crippen LogP contribution in [0.4, 0.5) is 10.5 Å². The summed E-state index contributed by atoms with van der Waals surface area (Å²) < 4.78 is 11.1. The molecule has 3 saturated carbocycles. The molecular weight excluding hydrogens is 354 g/mol. The van der Waals surface area contributed by atoms with Gasteiger partial charge >= 0.3 is 6.03 Å². The number of urea groups is 1. The smallest absolute Gasteiger partial charge is 0.325 e. The van der Waals surface area contributed by atoms with Gasteiger partial charge in [-0.2, -0.15) is 0 Å². The number of thiazole rings is 1. The molecule has 0 unspecified atom stereocenters. The van der Waals surface area contributed by atoms with Gasteiger partial charge in [0.05, 0.1) is 11.0 Å². The van der Waals surface area contributed by atoms with E-state index in [1.807, 2.05) is 12.3 Å². The first-order chi connectivity index (χ1) is 12.4. The fraction of sp³-hybridized carbons (Fsp3) is 0.389. The quantitative estimate of drug-likeness (QED) is 0.838. The molecule has 3 amide bonds. The Bertz CT molecular complexity index is 846. The number of hydrogen-bond donors (Lipinski definition) is 2. The summed E-state index contributed by atoms with van der Waals surface area (Å²) in [6, 6.07) is 4.74. The van der Waals surface area contributed by atoms with Gasteiger partial charge in [0.25, 0.3) is 5.19 Å². The number of hydrogen-bond acceptors (Lipinski definition) is 6. The molecule has 3 aliphatic rings. The van der Waals surface area contributed by atoms with Crippen LogP contribution >= 0.6 is 11.3 Å². The first-order valence-electron chi connectivity index (χ1n) is 8.29. The van der Waals surface area contributed by atoms with Gasteiger partial charge in [-0.05, 0) is 49.9 Å². The van der Waals surface area contributed by atoms with Crippen LogP contribution in [0.5, 0.6) is 10.9 Å². The lowest BCUT2D eigenvalue weighted by Gasteiger charge is -2.67. The van der Waals surface area contributed by atoms with E-state index in [0.717, 1.165) is 5.56 Å². The normalized spacial score (nSPS) is 25.6. The molecule has 5 rings (SSSR count). The van der Waals surface area contributed by atoms with Crippen molar-refractivity contribution in [2.75, 3.05) is 12.4 Å². The van der Waals surface area contributed by atoms with E-state index in [0.29, 0.717) is 35.9 Å². The standard InChI is InChI=1S/C18H19N3O4S/c1-11-7-12(3-4-13(11)25-16-19-5-6-26-16)20-15(23)21-14(22)17-8-18(9-17,10-17)24-2/h3-7H,8-10H2,1-2H3,(H2,20,21,22,23). The zero-order chi connectivity index (χ0) is 18.4. The Balaban J connectivity index is 1.33. The van der Waals surface area contributed by atoms with Crippen molar-refractivity contribution in [3.63, 3.8) is 0 Å². The van der Waals surface area contributed by atoms with E-state index >= 15 is 0 Å². The van der Waals surface area contributed by atoms with E-state index in [1.165, 1.54) is 11.3 Å². The lowest BCUT2D eigenvalue weighted by atomic mass is 9.41. The van der Waals surface area contributed by atoms with Crippen LogP contribution in [0.3, 0.4) is 0 Å². The van der Waals surface area contributed by atoms with Gasteiger partial charge in [-0.1, -0.05) is 11.3 Å². The molecule has 1 aromatic heterocycles. The maximum Gasteiger partial charge on any atom is 0.325 e. The summed E-state index contributed by atoms with van der Waals surface area (Å²) in [5.41, 5.74) is 0.892. The molecular formula is C18H19N3O4S. The minimum absolute atomic E-state index is 0.127. The van der Waals surface area contributed by atoms with Crippen LogP contribution in [0.2, 0.25) is 0 Å². The molecule has 0 saturated heterocycles. The molecule has 0 spiro atoms. The van der Waals surface area contributed by atoms with Crippen LogP contribution in [0, 0.1) is 12.3 Å². The Morgan fingerprint density at radius 1 is 1.27 bits per heavy atom. The number of rotatable bonds is 5. The number of carbonyl (C=O) groups excluding carboxylic acids is 2. The SMILES string of the molecule is COC12CC(C(=O)NC(=O)Nc3ccc(Oc4nccs4)c(C)c3)(C1)C2. The predicted molar refractivity (Wildman–Crippen MR) is 96.6 cm³/mol. The fourth-order valence-corrected chi connectivity index (χ4v) is 4.24. The van der Waals surface area contributed by atoms with Gasteiger partial charge in [-0.15, -0.1) is 0 Å². The Hall–Kier alpha value is -2.45. The Kier molecular flexibility index (Phi) is 3.96. The molecule has 2 N–H and O–H groups in total. The highest BCUT2D eigenvalue weighted by atomic mass is 32.1. The number of benzene rings is 1. The molecule has 1 aromatic carbocycles. The minimum Gasteiger partial charge on any atom is -0.431 e. The zero-order valence-electron chi connectivity index (χ0n) is 14.5. The third kappa shape index (κ3) is 2.85. The molecule has 3 fully saturated rings. The predicted octanol–water partition coefficient (Wildman–Crippen LogP) is 3.46. The number of aryl methyl sites for hydroxylation is 1. The van der Waals surface area contributed by atoms with Gasteiger partial charge in [-0.3, -0.25) is 10.1 Å². The van der Waals surface area contributed by atoms with Gasteiger partial charge in [0, 0.05) is 24.4 Å². The first-order valence-corrected chi connectivity index (χ1v) is 9.17. The van der Waals surface area contributed by atoms with E-state index in [4.69, 9.17) is 9.47 Å². The zero-order valence-corrected chi connectivity index (χ0v) is 15.3.